The van der Waals surface area contributed by atoms with Crippen LogP contribution in [0.4, 0.5) is 0 Å². The summed E-state index contributed by atoms with van der Waals surface area (Å²) in [6.07, 6.45) is 10.8. The van der Waals surface area contributed by atoms with Crippen molar-refractivity contribution in [1.82, 2.24) is 41.9 Å². The Bertz CT molecular complexity index is 1370. The van der Waals surface area contributed by atoms with Gasteiger partial charge in [0.1, 0.15) is 24.1 Å². The number of aldehydes is 1. The molecule has 1 aliphatic heterocycles. The van der Waals surface area contributed by atoms with Gasteiger partial charge >= 0.3 is 0 Å². The Morgan fingerprint density at radius 3 is 2.21 bits per heavy atom. The van der Waals surface area contributed by atoms with Crippen molar-refractivity contribution in [1.29, 1.82) is 0 Å². The first-order valence-electron chi connectivity index (χ1n) is 15.2. The molecule has 252 valence electrons. The molecule has 15 nitrogen and oxygen atoms in total. The van der Waals surface area contributed by atoms with Gasteiger partial charge in [-0.3, -0.25) is 33.8 Å². The monoisotopic (exact) mass is 650 g/mol. The lowest BCUT2D eigenvalue weighted by Crippen LogP contribution is -2.52. The van der Waals surface area contributed by atoms with Gasteiger partial charge in [-0.05, 0) is 17.9 Å². The minimum atomic E-state index is -1.02. The molecule has 0 saturated heterocycles. The number of hydrogen-bond acceptors (Lipinski definition) is 9. The van der Waals surface area contributed by atoms with Crippen LogP contribution in [0.5, 0.6) is 0 Å². The van der Waals surface area contributed by atoms with E-state index in [1.165, 1.54) is 31.4 Å². The molecule has 6 N–H and O–H groups in total. The van der Waals surface area contributed by atoms with Crippen LogP contribution in [0.15, 0.2) is 61.1 Å². The van der Waals surface area contributed by atoms with E-state index in [9.17, 15) is 33.6 Å². The molecule has 2 aromatic rings. The van der Waals surface area contributed by atoms with E-state index in [4.69, 9.17) is 0 Å². The molecule has 6 amide bonds. The van der Waals surface area contributed by atoms with Crippen LogP contribution in [0.2, 0.25) is 0 Å². The smallest absolute Gasteiger partial charge is 0.271 e. The van der Waals surface area contributed by atoms with Crippen molar-refractivity contribution in [2.45, 2.75) is 51.6 Å². The predicted molar refractivity (Wildman–Crippen MR) is 171 cm³/mol. The van der Waals surface area contributed by atoms with Gasteiger partial charge < -0.3 is 36.7 Å². The van der Waals surface area contributed by atoms with E-state index in [-0.39, 0.29) is 18.9 Å². The van der Waals surface area contributed by atoms with Gasteiger partial charge in [0.15, 0.2) is 0 Å². The van der Waals surface area contributed by atoms with Gasteiger partial charge in [-0.25, -0.2) is 4.98 Å². The van der Waals surface area contributed by atoms with E-state index >= 15 is 0 Å². The van der Waals surface area contributed by atoms with Gasteiger partial charge in [0.05, 0.1) is 19.3 Å². The zero-order chi connectivity index (χ0) is 34.4. The van der Waals surface area contributed by atoms with Crippen LogP contribution >= 0.6 is 0 Å². The van der Waals surface area contributed by atoms with Crippen LogP contribution in [0.3, 0.4) is 0 Å². The van der Waals surface area contributed by atoms with Gasteiger partial charge in [0.25, 0.3) is 5.91 Å². The van der Waals surface area contributed by atoms with Gasteiger partial charge in [0, 0.05) is 44.1 Å². The molecule has 1 saturated carbocycles. The normalized spacial score (nSPS) is 19.6. The maximum atomic E-state index is 12.6. The number of benzene rings is 1. The molecule has 1 aliphatic carbocycles. The molecule has 1 fully saturated rings. The van der Waals surface area contributed by atoms with Crippen molar-refractivity contribution in [2.24, 2.45) is 5.92 Å². The fraction of sp³-hybridized carbons (Fsp3) is 0.406. The number of nitrogens with one attached hydrogen (secondary N) is 6. The van der Waals surface area contributed by atoms with Crippen LogP contribution in [0.25, 0.3) is 0 Å². The van der Waals surface area contributed by atoms with Crippen molar-refractivity contribution in [2.75, 3.05) is 26.2 Å². The summed E-state index contributed by atoms with van der Waals surface area (Å²) in [5.41, 5.74) is 1.15. The Hall–Kier alpha value is -5.47. The van der Waals surface area contributed by atoms with Gasteiger partial charge in [0.2, 0.25) is 29.5 Å². The van der Waals surface area contributed by atoms with Crippen LogP contribution < -0.4 is 31.9 Å². The molecule has 0 radical (unpaired) electrons. The third-order valence-electron chi connectivity index (χ3n) is 6.38. The summed E-state index contributed by atoms with van der Waals surface area (Å²) >= 11 is 0. The SMILES string of the molecule is CC1CC1.CCCNC(=O)c1cnccn1.O=C[C@@H]1CNC(=O)CNC(=O)[C@H](Cc2ccccc2)NC(=O)CNC(=O)/C=C\C(=O)N1. The topological polar surface area (TPSA) is 217 Å². The molecule has 47 heavy (non-hydrogen) atoms. The van der Waals surface area contributed by atoms with Crippen LogP contribution in [-0.2, 0) is 35.2 Å². The summed E-state index contributed by atoms with van der Waals surface area (Å²) in [6.45, 7) is 3.93. The molecule has 1 aromatic carbocycles. The molecule has 1 aromatic heterocycles. The first kappa shape index (κ1) is 37.7. The van der Waals surface area contributed by atoms with E-state index in [1.54, 1.807) is 24.3 Å². The Morgan fingerprint density at radius 2 is 1.60 bits per heavy atom. The van der Waals surface area contributed by atoms with E-state index in [0.29, 0.717) is 18.5 Å². The fourth-order valence-corrected chi connectivity index (χ4v) is 3.54. The second-order valence-electron chi connectivity index (χ2n) is 10.7. The predicted octanol–water partition coefficient (Wildman–Crippen LogP) is -0.651. The van der Waals surface area contributed by atoms with Crippen molar-refractivity contribution < 1.29 is 33.6 Å². The molecule has 15 heteroatoms. The Kier molecular flexibility index (Phi) is 17.1. The number of carbonyl (C=O) groups excluding carboxylic acids is 7. The Labute approximate surface area is 273 Å². The highest BCUT2D eigenvalue weighted by Gasteiger charge is 2.22. The molecule has 2 heterocycles. The summed E-state index contributed by atoms with van der Waals surface area (Å²) in [4.78, 5) is 90.2. The molecule has 0 unspecified atom stereocenters. The first-order valence-corrected chi connectivity index (χ1v) is 15.2. The number of amides is 6. The van der Waals surface area contributed by atoms with Gasteiger partial charge in [-0.2, -0.15) is 0 Å². The Morgan fingerprint density at radius 1 is 0.915 bits per heavy atom. The molecule has 2 atom stereocenters. The van der Waals surface area contributed by atoms with Crippen LogP contribution in [0.1, 0.15) is 49.2 Å². The van der Waals surface area contributed by atoms with Crippen LogP contribution in [0, 0.1) is 5.92 Å². The largest absolute Gasteiger partial charge is 0.352 e. The quantitative estimate of drug-likeness (QED) is 0.219. The van der Waals surface area contributed by atoms with Crippen molar-refractivity contribution >= 4 is 41.7 Å². The summed E-state index contributed by atoms with van der Waals surface area (Å²) in [7, 11) is 0. The highest BCUT2D eigenvalue weighted by molar-refractivity contribution is 5.99. The van der Waals surface area contributed by atoms with Crippen molar-refractivity contribution in [3.8, 4) is 0 Å². The number of rotatable bonds is 6. The highest BCUT2D eigenvalue weighted by Crippen LogP contribution is 2.26. The average Bonchev–Trinajstić information content (AvgIpc) is 3.88. The average molecular weight is 651 g/mol. The standard InChI is InChI=1S/C20H23N5O6.C8H11N3O.C4H8/c26-12-14-9-21-18(29)10-23-20(31)15(8-13-4-2-1-3-5-13)25-19(30)11-22-16(27)6-7-17(28)24-14;1-2-3-11-8(12)7-6-9-4-5-10-7;1-4-2-3-4/h1-7,12,14-15H,8-11H2,(H,21,29)(H,22,27)(H,23,31)(H,24,28)(H,25,30);4-6H,2-3H2,1H3,(H,11,12);4H,2-3H2,1H3/b7-6-;;/t14-,15-;;/m0../s1. The summed E-state index contributed by atoms with van der Waals surface area (Å²) < 4.78 is 0. The number of nitrogens with zero attached hydrogens (tertiary/aromatic N) is 2. The van der Waals surface area contributed by atoms with E-state index < -0.39 is 54.7 Å². The Balaban J connectivity index is 0.000000390. The first-order chi connectivity index (χ1) is 22.6. The second kappa shape index (κ2) is 21.3. The summed E-state index contributed by atoms with van der Waals surface area (Å²) in [5, 5.41) is 14.7. The van der Waals surface area contributed by atoms with E-state index in [0.717, 1.165) is 30.1 Å². The molecular weight excluding hydrogens is 608 g/mol. The third-order valence-corrected chi connectivity index (χ3v) is 6.38. The lowest BCUT2D eigenvalue weighted by molar-refractivity contribution is -0.130. The van der Waals surface area contributed by atoms with E-state index in [2.05, 4.69) is 48.8 Å². The molecular formula is C32H42N8O7. The third kappa shape index (κ3) is 17.0. The lowest BCUT2D eigenvalue weighted by Gasteiger charge is -2.19. The fourth-order valence-electron chi connectivity index (χ4n) is 3.54. The number of hydrogen-bond donors (Lipinski definition) is 6. The number of carbonyl (C=O) groups is 7. The molecule has 0 bridgehead atoms. The minimum absolute atomic E-state index is 0.162. The number of aromatic nitrogens is 2. The summed E-state index contributed by atoms with van der Waals surface area (Å²) in [6, 6.07) is 6.93. The van der Waals surface area contributed by atoms with Gasteiger partial charge in [-0.15, -0.1) is 0 Å². The zero-order valence-corrected chi connectivity index (χ0v) is 26.5. The molecule has 0 spiro atoms. The maximum absolute atomic E-state index is 12.6. The molecule has 2 aliphatic rings. The van der Waals surface area contributed by atoms with Gasteiger partial charge in [-0.1, -0.05) is 57.0 Å². The van der Waals surface area contributed by atoms with Crippen LogP contribution in [-0.4, -0.2) is 90.0 Å². The lowest BCUT2D eigenvalue weighted by atomic mass is 10.1. The highest BCUT2D eigenvalue weighted by atomic mass is 16.2. The minimum Gasteiger partial charge on any atom is -0.352 e. The maximum Gasteiger partial charge on any atom is 0.271 e. The van der Waals surface area contributed by atoms with E-state index in [1.807, 2.05) is 13.0 Å². The zero-order valence-electron chi connectivity index (χ0n) is 26.5. The second-order valence-corrected chi connectivity index (χ2v) is 10.7. The molecule has 4 rings (SSSR count). The van der Waals surface area contributed by atoms with Crippen molar-refractivity contribution in [3.05, 3.63) is 72.3 Å². The summed E-state index contributed by atoms with van der Waals surface area (Å²) in [5.74, 6) is -2.33. The van der Waals surface area contributed by atoms with Crippen molar-refractivity contribution in [3.63, 3.8) is 0 Å².